The van der Waals surface area contributed by atoms with Gasteiger partial charge in [0.2, 0.25) is 0 Å². The molecule has 2 aromatic carbocycles. The van der Waals surface area contributed by atoms with Crippen LogP contribution in [0.5, 0.6) is 0 Å². The summed E-state index contributed by atoms with van der Waals surface area (Å²) in [4.78, 5) is 14.6. The number of benzene rings is 2. The van der Waals surface area contributed by atoms with Gasteiger partial charge in [-0.2, -0.15) is 0 Å². The zero-order valence-electron chi connectivity index (χ0n) is 11.6. The van der Waals surface area contributed by atoms with E-state index >= 15 is 0 Å². The molecular weight excluding hydrogens is 262 g/mol. The Morgan fingerprint density at radius 2 is 1.76 bits per heavy atom. The Labute approximate surface area is 122 Å². The van der Waals surface area contributed by atoms with Gasteiger partial charge in [0, 0.05) is 36.5 Å². The van der Waals surface area contributed by atoms with Crippen molar-refractivity contribution in [3.05, 3.63) is 64.8 Å². The molecule has 0 saturated carbocycles. The quantitative estimate of drug-likeness (QED) is 0.716. The fourth-order valence-corrected chi connectivity index (χ4v) is 2.66. The Morgan fingerprint density at radius 1 is 0.952 bits per heavy atom. The molecule has 0 unspecified atom stereocenters. The Bertz CT molecular complexity index is 848. The Hall–Kier alpha value is -2.55. The van der Waals surface area contributed by atoms with Gasteiger partial charge in [-0.25, -0.2) is 0 Å². The van der Waals surface area contributed by atoms with Crippen LogP contribution < -0.4 is 10.3 Å². The second kappa shape index (κ2) is 4.77. The maximum atomic E-state index is 12.3. The largest absolute Gasteiger partial charge is 0.456 e. The number of rotatable bonds is 2. The molecule has 3 nitrogen and oxygen atoms in total. The second-order valence-corrected chi connectivity index (χ2v) is 5.36. The van der Waals surface area contributed by atoms with Crippen molar-refractivity contribution < 1.29 is 4.42 Å². The van der Waals surface area contributed by atoms with Crippen LogP contribution in [0.25, 0.3) is 22.3 Å². The van der Waals surface area contributed by atoms with Crippen LogP contribution in [0.2, 0.25) is 0 Å². The topological polar surface area (TPSA) is 33.5 Å². The zero-order valence-corrected chi connectivity index (χ0v) is 11.6. The maximum absolute atomic E-state index is 12.3. The van der Waals surface area contributed by atoms with Crippen molar-refractivity contribution >= 4 is 16.7 Å². The van der Waals surface area contributed by atoms with Gasteiger partial charge in [0.15, 0.2) is 5.43 Å². The summed E-state index contributed by atoms with van der Waals surface area (Å²) in [6.45, 7) is 2.15. The molecule has 2 heterocycles. The number of fused-ring (bicyclic) bond motifs is 1. The summed E-state index contributed by atoms with van der Waals surface area (Å²) in [6, 6.07) is 17.1. The third-order valence-electron chi connectivity index (χ3n) is 3.99. The van der Waals surface area contributed by atoms with Crippen LogP contribution in [0.15, 0.2) is 63.8 Å². The molecule has 0 spiro atoms. The lowest BCUT2D eigenvalue weighted by Gasteiger charge is -2.33. The molecule has 1 aliphatic rings. The van der Waals surface area contributed by atoms with Crippen molar-refractivity contribution in [2.75, 3.05) is 18.0 Å². The average molecular weight is 277 g/mol. The maximum Gasteiger partial charge on any atom is 0.193 e. The molecule has 1 fully saturated rings. The van der Waals surface area contributed by atoms with Crippen LogP contribution in [0, 0.1) is 0 Å². The third kappa shape index (κ3) is 2.11. The lowest BCUT2D eigenvalue weighted by Crippen LogP contribution is -2.36. The summed E-state index contributed by atoms with van der Waals surface area (Å²) in [5.74, 6) is 0.619. The SMILES string of the molecule is O=c1cc(-c2ccccc2)oc2cc(N3CCC3)ccc12. The van der Waals surface area contributed by atoms with Crippen molar-refractivity contribution in [3.63, 3.8) is 0 Å². The first-order chi connectivity index (χ1) is 10.3. The highest BCUT2D eigenvalue weighted by atomic mass is 16.3. The molecule has 0 radical (unpaired) electrons. The van der Waals surface area contributed by atoms with E-state index in [-0.39, 0.29) is 5.43 Å². The average Bonchev–Trinajstić information content (AvgIpc) is 2.46. The van der Waals surface area contributed by atoms with Crippen LogP contribution in [-0.4, -0.2) is 13.1 Å². The highest BCUT2D eigenvalue weighted by Gasteiger charge is 2.16. The van der Waals surface area contributed by atoms with Gasteiger partial charge in [0.05, 0.1) is 5.39 Å². The third-order valence-corrected chi connectivity index (χ3v) is 3.99. The number of hydrogen-bond acceptors (Lipinski definition) is 3. The molecular formula is C18H15NO2. The van der Waals surface area contributed by atoms with Gasteiger partial charge in [-0.1, -0.05) is 30.3 Å². The molecule has 0 amide bonds. The summed E-state index contributed by atoms with van der Waals surface area (Å²) < 4.78 is 5.96. The number of nitrogens with zero attached hydrogens (tertiary/aromatic N) is 1. The van der Waals surface area contributed by atoms with Crippen molar-refractivity contribution in [1.29, 1.82) is 0 Å². The van der Waals surface area contributed by atoms with Gasteiger partial charge >= 0.3 is 0 Å². The molecule has 1 aromatic heterocycles. The molecule has 0 atom stereocenters. The zero-order chi connectivity index (χ0) is 14.2. The molecule has 0 N–H and O–H groups in total. The molecule has 104 valence electrons. The van der Waals surface area contributed by atoms with Crippen LogP contribution >= 0.6 is 0 Å². The first kappa shape index (κ1) is 12.2. The standard InChI is InChI=1S/C18H15NO2/c20-16-12-17(13-5-2-1-3-6-13)21-18-11-14(7-8-15(16)18)19-9-4-10-19/h1-3,5-8,11-12H,4,9-10H2. The predicted molar refractivity (Wildman–Crippen MR) is 84.8 cm³/mol. The Kier molecular flexibility index (Phi) is 2.78. The fourth-order valence-electron chi connectivity index (χ4n) is 2.66. The summed E-state index contributed by atoms with van der Waals surface area (Å²) in [5, 5.41) is 0.638. The number of anilines is 1. The normalized spacial score (nSPS) is 14.2. The van der Waals surface area contributed by atoms with Crippen molar-refractivity contribution in [2.24, 2.45) is 0 Å². The number of hydrogen-bond donors (Lipinski definition) is 0. The van der Waals surface area contributed by atoms with E-state index in [1.807, 2.05) is 48.5 Å². The smallest absolute Gasteiger partial charge is 0.193 e. The lowest BCUT2D eigenvalue weighted by atomic mass is 10.1. The molecule has 21 heavy (non-hydrogen) atoms. The fraction of sp³-hybridized carbons (Fsp3) is 0.167. The van der Waals surface area contributed by atoms with E-state index in [1.165, 1.54) is 6.42 Å². The van der Waals surface area contributed by atoms with Crippen molar-refractivity contribution in [2.45, 2.75) is 6.42 Å². The summed E-state index contributed by atoms with van der Waals surface area (Å²) in [5.41, 5.74) is 2.71. The summed E-state index contributed by atoms with van der Waals surface area (Å²) >= 11 is 0. The Balaban J connectivity index is 1.88. The molecule has 1 saturated heterocycles. The van der Waals surface area contributed by atoms with Crippen LogP contribution in [0.1, 0.15) is 6.42 Å². The van der Waals surface area contributed by atoms with E-state index < -0.39 is 0 Å². The minimum atomic E-state index is 0.00487. The van der Waals surface area contributed by atoms with E-state index in [0.29, 0.717) is 16.7 Å². The molecule has 0 bridgehead atoms. The van der Waals surface area contributed by atoms with Crippen LogP contribution in [-0.2, 0) is 0 Å². The highest BCUT2D eigenvalue weighted by Crippen LogP contribution is 2.27. The van der Waals surface area contributed by atoms with Crippen molar-refractivity contribution in [3.8, 4) is 11.3 Å². The minimum absolute atomic E-state index is 0.00487. The first-order valence-corrected chi connectivity index (χ1v) is 7.19. The van der Waals surface area contributed by atoms with Gasteiger partial charge in [-0.05, 0) is 18.6 Å². The van der Waals surface area contributed by atoms with Crippen LogP contribution in [0.3, 0.4) is 0 Å². The monoisotopic (exact) mass is 277 g/mol. The molecule has 3 aromatic rings. The van der Waals surface area contributed by atoms with Gasteiger partial charge in [0.25, 0.3) is 0 Å². The van der Waals surface area contributed by atoms with E-state index in [4.69, 9.17) is 4.42 Å². The van der Waals surface area contributed by atoms with Crippen LogP contribution in [0.4, 0.5) is 5.69 Å². The van der Waals surface area contributed by atoms with E-state index in [1.54, 1.807) is 6.07 Å². The molecule has 3 heteroatoms. The second-order valence-electron chi connectivity index (χ2n) is 5.36. The van der Waals surface area contributed by atoms with Gasteiger partial charge < -0.3 is 9.32 Å². The van der Waals surface area contributed by atoms with Gasteiger partial charge in [-0.3, -0.25) is 4.79 Å². The van der Waals surface area contributed by atoms with Gasteiger partial charge in [-0.15, -0.1) is 0 Å². The van der Waals surface area contributed by atoms with Crippen molar-refractivity contribution in [1.82, 2.24) is 0 Å². The van der Waals surface area contributed by atoms with Gasteiger partial charge in [0.1, 0.15) is 11.3 Å². The summed E-state index contributed by atoms with van der Waals surface area (Å²) in [7, 11) is 0. The van der Waals surface area contributed by atoms with E-state index in [9.17, 15) is 4.79 Å². The molecule has 4 rings (SSSR count). The van der Waals surface area contributed by atoms with E-state index in [2.05, 4.69) is 4.90 Å². The first-order valence-electron chi connectivity index (χ1n) is 7.19. The van der Waals surface area contributed by atoms with E-state index in [0.717, 1.165) is 24.3 Å². The molecule has 0 aliphatic carbocycles. The highest BCUT2D eigenvalue weighted by molar-refractivity contribution is 5.82. The lowest BCUT2D eigenvalue weighted by molar-refractivity contribution is 0.608. The molecule has 1 aliphatic heterocycles. The predicted octanol–water partition coefficient (Wildman–Crippen LogP) is 3.67. The summed E-state index contributed by atoms with van der Waals surface area (Å²) in [6.07, 6.45) is 1.23. The Morgan fingerprint density at radius 3 is 2.48 bits per heavy atom. The minimum Gasteiger partial charge on any atom is -0.456 e.